The lowest BCUT2D eigenvalue weighted by Crippen LogP contribution is -2.30. The summed E-state index contributed by atoms with van der Waals surface area (Å²) in [4.78, 5) is 16.7. The predicted octanol–water partition coefficient (Wildman–Crippen LogP) is 2.68. The van der Waals surface area contributed by atoms with Crippen molar-refractivity contribution in [3.63, 3.8) is 0 Å². The normalized spacial score (nSPS) is 15.9. The van der Waals surface area contributed by atoms with Crippen molar-refractivity contribution in [2.24, 2.45) is 7.05 Å². The van der Waals surface area contributed by atoms with Crippen LogP contribution in [-0.2, 0) is 11.8 Å². The zero-order valence-electron chi connectivity index (χ0n) is 14.7. The molecule has 0 aliphatic heterocycles. The van der Waals surface area contributed by atoms with E-state index in [0.29, 0.717) is 5.01 Å². The largest absolute Gasteiger partial charge is 0.374 e. The van der Waals surface area contributed by atoms with Crippen LogP contribution in [0.3, 0.4) is 0 Å². The molecule has 7 nitrogen and oxygen atoms in total. The molecule has 0 aromatic carbocycles. The fourth-order valence-corrected chi connectivity index (χ4v) is 3.22. The van der Waals surface area contributed by atoms with Gasteiger partial charge >= 0.3 is 0 Å². The number of aromatic nitrogens is 3. The molecule has 27 heavy (non-hydrogen) atoms. The zero-order valence-corrected chi connectivity index (χ0v) is 15.6. The number of thiazole rings is 1. The smallest absolute Gasteiger partial charge is 0.282 e. The minimum atomic E-state index is -2.85. The van der Waals surface area contributed by atoms with E-state index in [4.69, 9.17) is 0 Å². The Bertz CT molecular complexity index is 895. The number of carbonyl (C=O) groups excluding carboxylic acids is 1. The monoisotopic (exact) mass is 392 g/mol. The van der Waals surface area contributed by atoms with E-state index >= 15 is 0 Å². The Morgan fingerprint density at radius 2 is 2.22 bits per heavy atom. The third-order valence-electron chi connectivity index (χ3n) is 4.02. The standard InChI is InChI=1S/C17H18F2N6OS/c1-9(17-21-5-6-27-17)22-13(11(7-20)16(26)23-10-3-4-10)12-8-25(2)24-14(12)15(18)19/h5-6,8-10,15,22H,3-4H2,1-2H3,(H,23,26). The molecule has 2 aromatic heterocycles. The molecular weight excluding hydrogens is 374 g/mol. The van der Waals surface area contributed by atoms with Crippen LogP contribution in [0.4, 0.5) is 8.78 Å². The second-order valence-electron chi connectivity index (χ2n) is 6.25. The first-order valence-corrected chi connectivity index (χ1v) is 9.22. The number of hydrogen-bond acceptors (Lipinski definition) is 6. The lowest BCUT2D eigenvalue weighted by atomic mass is 10.1. The van der Waals surface area contributed by atoms with E-state index in [1.54, 1.807) is 18.5 Å². The maximum absolute atomic E-state index is 13.5. The van der Waals surface area contributed by atoms with Crippen LogP contribution in [0.25, 0.3) is 5.70 Å². The van der Waals surface area contributed by atoms with Crippen LogP contribution in [0.5, 0.6) is 0 Å². The van der Waals surface area contributed by atoms with Crippen LogP contribution in [0.15, 0.2) is 23.3 Å². The molecule has 142 valence electrons. The topological polar surface area (TPSA) is 95.6 Å². The number of alkyl halides is 2. The first-order valence-electron chi connectivity index (χ1n) is 8.34. The Kier molecular flexibility index (Phi) is 5.51. The third-order valence-corrected chi connectivity index (χ3v) is 4.98. The highest BCUT2D eigenvalue weighted by Crippen LogP contribution is 2.30. The lowest BCUT2D eigenvalue weighted by Gasteiger charge is -2.18. The summed E-state index contributed by atoms with van der Waals surface area (Å²) in [6, 6.07) is 1.51. The molecule has 2 heterocycles. The summed E-state index contributed by atoms with van der Waals surface area (Å²) in [5.41, 5.74) is -0.682. The third kappa shape index (κ3) is 4.31. The van der Waals surface area contributed by atoms with Gasteiger partial charge in [0.25, 0.3) is 12.3 Å². The van der Waals surface area contributed by atoms with Gasteiger partial charge in [0.2, 0.25) is 0 Å². The van der Waals surface area contributed by atoms with Gasteiger partial charge in [-0.1, -0.05) is 0 Å². The number of amides is 1. The minimum Gasteiger partial charge on any atom is -0.374 e. The molecule has 1 aliphatic rings. The number of aryl methyl sites for hydroxylation is 1. The Morgan fingerprint density at radius 3 is 2.78 bits per heavy atom. The zero-order chi connectivity index (χ0) is 19.6. The first kappa shape index (κ1) is 19.0. The average molecular weight is 392 g/mol. The second kappa shape index (κ2) is 7.84. The first-order chi connectivity index (χ1) is 12.9. The van der Waals surface area contributed by atoms with Gasteiger partial charge in [-0.3, -0.25) is 9.48 Å². The van der Waals surface area contributed by atoms with Crippen LogP contribution in [-0.4, -0.2) is 26.7 Å². The van der Waals surface area contributed by atoms with E-state index in [0.717, 1.165) is 12.8 Å². The maximum atomic E-state index is 13.5. The molecule has 0 radical (unpaired) electrons. The molecule has 0 spiro atoms. The quantitative estimate of drug-likeness (QED) is 0.558. The molecule has 1 aliphatic carbocycles. The van der Waals surface area contributed by atoms with Crippen LogP contribution in [0, 0.1) is 11.3 Å². The summed E-state index contributed by atoms with van der Waals surface area (Å²) in [7, 11) is 1.51. The van der Waals surface area contributed by atoms with Crippen LogP contribution in [0.1, 0.15) is 48.5 Å². The van der Waals surface area contributed by atoms with Crippen molar-refractivity contribution in [2.75, 3.05) is 0 Å². The van der Waals surface area contributed by atoms with E-state index in [-0.39, 0.29) is 28.9 Å². The molecule has 0 saturated heterocycles. The van der Waals surface area contributed by atoms with Gasteiger partial charge < -0.3 is 10.6 Å². The van der Waals surface area contributed by atoms with Gasteiger partial charge in [0.15, 0.2) is 0 Å². The van der Waals surface area contributed by atoms with Gasteiger partial charge in [0, 0.05) is 36.4 Å². The molecular formula is C17H18F2N6OS. The Labute approximate surface area is 158 Å². The van der Waals surface area contributed by atoms with Crippen molar-refractivity contribution < 1.29 is 13.6 Å². The second-order valence-corrected chi connectivity index (χ2v) is 7.17. The number of halogens is 2. The SMILES string of the molecule is CC(NC(=C(C#N)C(=O)NC1CC1)c1cn(C)nc1C(F)F)c1nccs1. The highest BCUT2D eigenvalue weighted by molar-refractivity contribution is 7.09. The average Bonchev–Trinajstić information content (AvgIpc) is 3.11. The molecule has 3 rings (SSSR count). The van der Waals surface area contributed by atoms with E-state index in [1.807, 2.05) is 6.07 Å². The Balaban J connectivity index is 2.06. The molecule has 2 aromatic rings. The highest BCUT2D eigenvalue weighted by Gasteiger charge is 2.30. The van der Waals surface area contributed by atoms with Gasteiger partial charge in [-0.05, 0) is 19.8 Å². The van der Waals surface area contributed by atoms with Crippen LogP contribution >= 0.6 is 11.3 Å². The fraction of sp³-hybridized carbons (Fsp3) is 0.412. The Hall–Kier alpha value is -2.80. The summed E-state index contributed by atoms with van der Waals surface area (Å²) in [5.74, 6) is -0.585. The summed E-state index contributed by atoms with van der Waals surface area (Å²) < 4.78 is 28.2. The number of hydrogen-bond donors (Lipinski definition) is 2. The van der Waals surface area contributed by atoms with Gasteiger partial charge in [-0.2, -0.15) is 10.4 Å². The number of rotatable bonds is 7. The van der Waals surface area contributed by atoms with E-state index < -0.39 is 18.0 Å². The Morgan fingerprint density at radius 1 is 1.48 bits per heavy atom. The summed E-state index contributed by atoms with van der Waals surface area (Å²) in [6.07, 6.45) is 1.84. The maximum Gasteiger partial charge on any atom is 0.282 e. The van der Waals surface area contributed by atoms with E-state index in [1.165, 1.54) is 29.3 Å². The summed E-state index contributed by atoms with van der Waals surface area (Å²) >= 11 is 1.38. The number of nitriles is 1. The van der Waals surface area contributed by atoms with Crippen molar-refractivity contribution in [1.82, 2.24) is 25.4 Å². The molecule has 1 unspecified atom stereocenters. The fourth-order valence-electron chi connectivity index (χ4n) is 2.58. The van der Waals surface area contributed by atoms with Crippen molar-refractivity contribution in [2.45, 2.75) is 38.3 Å². The summed E-state index contributed by atoms with van der Waals surface area (Å²) in [5, 5.41) is 21.6. The molecule has 1 saturated carbocycles. The van der Waals surface area contributed by atoms with E-state index in [9.17, 15) is 18.8 Å². The van der Waals surface area contributed by atoms with Crippen LogP contribution in [0.2, 0.25) is 0 Å². The van der Waals surface area contributed by atoms with Crippen molar-refractivity contribution in [3.8, 4) is 6.07 Å². The predicted molar refractivity (Wildman–Crippen MR) is 95.5 cm³/mol. The van der Waals surface area contributed by atoms with Gasteiger partial charge in [0.05, 0.1) is 11.7 Å². The number of nitrogens with zero attached hydrogens (tertiary/aromatic N) is 4. The highest BCUT2D eigenvalue weighted by atomic mass is 32.1. The minimum absolute atomic E-state index is 0.0263. The van der Waals surface area contributed by atoms with Gasteiger partial charge in [0.1, 0.15) is 22.3 Å². The summed E-state index contributed by atoms with van der Waals surface area (Å²) in [6.45, 7) is 1.78. The van der Waals surface area contributed by atoms with Crippen molar-refractivity contribution >= 4 is 22.9 Å². The molecule has 1 fully saturated rings. The van der Waals surface area contributed by atoms with Crippen molar-refractivity contribution in [3.05, 3.63) is 39.6 Å². The van der Waals surface area contributed by atoms with Crippen LogP contribution < -0.4 is 10.6 Å². The van der Waals surface area contributed by atoms with Gasteiger partial charge in [-0.15, -0.1) is 11.3 Å². The van der Waals surface area contributed by atoms with Crippen molar-refractivity contribution in [1.29, 1.82) is 5.26 Å². The molecule has 0 bridgehead atoms. The number of carbonyl (C=O) groups is 1. The number of nitrogens with one attached hydrogen (secondary N) is 2. The van der Waals surface area contributed by atoms with E-state index in [2.05, 4.69) is 20.7 Å². The molecule has 10 heteroatoms. The van der Waals surface area contributed by atoms with Gasteiger partial charge in [-0.25, -0.2) is 13.8 Å². The molecule has 2 N–H and O–H groups in total. The molecule has 1 atom stereocenters. The lowest BCUT2D eigenvalue weighted by molar-refractivity contribution is -0.117. The molecule has 1 amide bonds.